The lowest BCUT2D eigenvalue weighted by Gasteiger charge is -2.25. The number of hydrogen-bond donors (Lipinski definition) is 1. The summed E-state index contributed by atoms with van der Waals surface area (Å²) in [6.45, 7) is 4.23. The minimum absolute atomic E-state index is 0.00113. The average molecular weight is 508 g/mol. The highest BCUT2D eigenvalue weighted by atomic mass is 19.1. The van der Waals surface area contributed by atoms with Crippen LogP contribution in [-0.4, -0.2) is 35.4 Å². The third kappa shape index (κ3) is 5.38. The fourth-order valence-corrected chi connectivity index (χ4v) is 4.36. The first-order valence-corrected chi connectivity index (χ1v) is 12.2. The maximum absolute atomic E-state index is 14.3. The van der Waals surface area contributed by atoms with Crippen molar-refractivity contribution in [1.29, 1.82) is 0 Å². The van der Waals surface area contributed by atoms with Gasteiger partial charge in [-0.2, -0.15) is 0 Å². The van der Waals surface area contributed by atoms with E-state index in [2.05, 4.69) is 6.92 Å². The molecule has 1 aromatic heterocycles. The molecule has 2 heterocycles. The van der Waals surface area contributed by atoms with Crippen LogP contribution < -0.4 is 9.47 Å². The lowest BCUT2D eigenvalue weighted by molar-refractivity contribution is -0.140. The molecular weight excluding hydrogens is 477 g/mol. The molecule has 1 saturated heterocycles. The van der Waals surface area contributed by atoms with E-state index < -0.39 is 29.3 Å². The summed E-state index contributed by atoms with van der Waals surface area (Å²) in [5.41, 5.74) is 0.883. The Bertz CT molecular complexity index is 1310. The number of aliphatic hydroxyl groups is 1. The number of ether oxygens (including phenoxy) is 2. The van der Waals surface area contributed by atoms with Crippen molar-refractivity contribution >= 4 is 17.4 Å². The Morgan fingerprint density at radius 2 is 1.92 bits per heavy atom. The van der Waals surface area contributed by atoms with Crippen LogP contribution in [0.2, 0.25) is 0 Å². The summed E-state index contributed by atoms with van der Waals surface area (Å²) in [6.07, 6.45) is 4.49. The van der Waals surface area contributed by atoms with E-state index in [1.54, 1.807) is 37.3 Å². The number of hydrogen-bond acceptors (Lipinski definition) is 6. The molecule has 0 spiro atoms. The van der Waals surface area contributed by atoms with Crippen LogP contribution in [0.3, 0.4) is 0 Å². The first-order chi connectivity index (χ1) is 17.8. The second-order valence-electron chi connectivity index (χ2n) is 8.94. The van der Waals surface area contributed by atoms with Crippen molar-refractivity contribution in [2.24, 2.45) is 0 Å². The van der Waals surface area contributed by atoms with Gasteiger partial charge < -0.3 is 23.9 Å². The van der Waals surface area contributed by atoms with Crippen LogP contribution in [0, 0.1) is 12.7 Å². The standard InChI is InChI=1S/C29H30FNO6/c1-4-5-6-13-37-23-12-11-19(16-24(23)35-3)26-25(27(32)20-10-9-18(2)22(30)15-20)28(33)29(34)31(26)17-21-8-7-14-36-21/h7-12,14-16,26,32H,4-6,13,17H2,1-3H3/t26-/m1/s1. The minimum atomic E-state index is -0.961. The fourth-order valence-electron chi connectivity index (χ4n) is 4.36. The molecule has 8 heteroatoms. The topological polar surface area (TPSA) is 89.2 Å². The van der Waals surface area contributed by atoms with E-state index in [0.29, 0.717) is 35.0 Å². The van der Waals surface area contributed by atoms with Crippen molar-refractivity contribution in [2.45, 2.75) is 45.7 Å². The Morgan fingerprint density at radius 3 is 2.59 bits per heavy atom. The molecule has 1 fully saturated rings. The number of rotatable bonds is 10. The number of ketones is 1. The number of unbranched alkanes of at least 4 members (excludes halogenated alkanes) is 2. The van der Waals surface area contributed by atoms with Crippen LogP contribution in [0.15, 0.2) is 64.8 Å². The third-order valence-electron chi connectivity index (χ3n) is 6.40. The summed E-state index contributed by atoms with van der Waals surface area (Å²) in [5.74, 6) is -1.22. The Morgan fingerprint density at radius 1 is 1.11 bits per heavy atom. The van der Waals surface area contributed by atoms with Gasteiger partial charge in [-0.25, -0.2) is 4.39 Å². The summed E-state index contributed by atoms with van der Waals surface area (Å²) in [5, 5.41) is 11.2. The molecular formula is C29H30FNO6. The highest BCUT2D eigenvalue weighted by Crippen LogP contribution is 2.42. The van der Waals surface area contributed by atoms with E-state index in [1.165, 1.54) is 30.4 Å². The van der Waals surface area contributed by atoms with E-state index in [0.717, 1.165) is 25.3 Å². The van der Waals surface area contributed by atoms with Crippen LogP contribution in [0.1, 0.15) is 54.7 Å². The summed E-state index contributed by atoms with van der Waals surface area (Å²) in [7, 11) is 1.51. The Balaban J connectivity index is 1.80. The lowest BCUT2D eigenvalue weighted by atomic mass is 9.94. The van der Waals surface area contributed by atoms with E-state index >= 15 is 0 Å². The average Bonchev–Trinajstić information content (AvgIpc) is 3.50. The van der Waals surface area contributed by atoms with Crippen molar-refractivity contribution in [2.75, 3.05) is 13.7 Å². The molecule has 0 radical (unpaired) electrons. The van der Waals surface area contributed by atoms with Crippen molar-refractivity contribution in [3.8, 4) is 11.5 Å². The van der Waals surface area contributed by atoms with Crippen molar-refractivity contribution in [1.82, 2.24) is 4.90 Å². The summed E-state index contributed by atoms with van der Waals surface area (Å²) in [6, 6.07) is 11.7. The number of likely N-dealkylation sites (tertiary alicyclic amines) is 1. The molecule has 3 aromatic rings. The van der Waals surface area contributed by atoms with Crippen molar-refractivity contribution in [3.63, 3.8) is 0 Å². The molecule has 7 nitrogen and oxygen atoms in total. The third-order valence-corrected chi connectivity index (χ3v) is 6.40. The molecule has 0 bridgehead atoms. The Kier molecular flexibility index (Phi) is 7.96. The predicted molar refractivity (Wildman–Crippen MR) is 136 cm³/mol. The zero-order chi connectivity index (χ0) is 26.5. The van der Waals surface area contributed by atoms with Gasteiger partial charge in [0.15, 0.2) is 11.5 Å². The van der Waals surface area contributed by atoms with Crippen LogP contribution in [0.25, 0.3) is 5.76 Å². The van der Waals surface area contributed by atoms with Gasteiger partial charge >= 0.3 is 0 Å². The molecule has 194 valence electrons. The van der Waals surface area contributed by atoms with Crippen LogP contribution in [-0.2, 0) is 16.1 Å². The zero-order valence-electron chi connectivity index (χ0n) is 21.1. The van der Waals surface area contributed by atoms with E-state index in [9.17, 15) is 19.1 Å². The number of carbonyl (C=O) groups excluding carboxylic acids is 2. The molecule has 0 saturated carbocycles. The number of amides is 1. The summed E-state index contributed by atoms with van der Waals surface area (Å²) in [4.78, 5) is 27.7. The van der Waals surface area contributed by atoms with Crippen LogP contribution in [0.4, 0.5) is 4.39 Å². The number of nitrogens with zero attached hydrogens (tertiary/aromatic N) is 1. The predicted octanol–water partition coefficient (Wildman–Crippen LogP) is 5.93. The summed E-state index contributed by atoms with van der Waals surface area (Å²) < 4.78 is 31.2. The molecule has 2 aromatic carbocycles. The van der Waals surface area contributed by atoms with E-state index in [-0.39, 0.29) is 17.7 Å². The maximum atomic E-state index is 14.3. The number of carbonyl (C=O) groups is 2. The zero-order valence-corrected chi connectivity index (χ0v) is 21.1. The number of methoxy groups -OCH3 is 1. The van der Waals surface area contributed by atoms with Crippen molar-refractivity contribution in [3.05, 3.63) is 88.6 Å². The molecule has 37 heavy (non-hydrogen) atoms. The van der Waals surface area contributed by atoms with Crippen molar-refractivity contribution < 1.29 is 33.0 Å². The van der Waals surface area contributed by atoms with Gasteiger partial charge in [-0.1, -0.05) is 38.0 Å². The van der Waals surface area contributed by atoms with Crippen LogP contribution >= 0.6 is 0 Å². The Hall–Kier alpha value is -4.07. The molecule has 1 aliphatic rings. The quantitative estimate of drug-likeness (QED) is 0.158. The number of furan rings is 1. The molecule has 4 rings (SSSR count). The van der Waals surface area contributed by atoms with Gasteiger partial charge in [0, 0.05) is 5.56 Å². The molecule has 1 amide bonds. The molecule has 0 unspecified atom stereocenters. The highest BCUT2D eigenvalue weighted by molar-refractivity contribution is 6.46. The monoisotopic (exact) mass is 507 g/mol. The number of aliphatic hydroxyl groups excluding tert-OH is 1. The number of Topliss-reactive ketones (excluding diaryl/α,β-unsaturated/α-hetero) is 1. The van der Waals surface area contributed by atoms with Gasteiger partial charge in [0.2, 0.25) is 0 Å². The maximum Gasteiger partial charge on any atom is 0.296 e. The second-order valence-corrected chi connectivity index (χ2v) is 8.94. The first kappa shape index (κ1) is 26.0. The molecule has 1 aliphatic heterocycles. The normalized spacial score (nSPS) is 16.9. The fraction of sp³-hybridized carbons (Fsp3) is 0.310. The number of halogens is 1. The van der Waals surface area contributed by atoms with E-state index in [4.69, 9.17) is 13.9 Å². The van der Waals surface area contributed by atoms with Gasteiger partial charge in [-0.15, -0.1) is 0 Å². The largest absolute Gasteiger partial charge is 0.507 e. The van der Waals surface area contributed by atoms with Gasteiger partial charge in [-0.05, 0) is 54.8 Å². The molecule has 0 aliphatic carbocycles. The number of benzene rings is 2. The smallest absolute Gasteiger partial charge is 0.296 e. The van der Waals surface area contributed by atoms with Gasteiger partial charge in [0.25, 0.3) is 11.7 Å². The Labute approximate surface area is 215 Å². The minimum Gasteiger partial charge on any atom is -0.507 e. The lowest BCUT2D eigenvalue weighted by Crippen LogP contribution is -2.29. The van der Waals surface area contributed by atoms with Crippen LogP contribution in [0.5, 0.6) is 11.5 Å². The first-order valence-electron chi connectivity index (χ1n) is 12.2. The molecule has 1 atom stereocenters. The highest BCUT2D eigenvalue weighted by Gasteiger charge is 2.46. The van der Waals surface area contributed by atoms with Gasteiger partial charge in [0.05, 0.1) is 38.1 Å². The SMILES string of the molecule is CCCCCOc1ccc([C@@H]2C(=C(O)c3ccc(C)c(F)c3)C(=O)C(=O)N2Cc2ccco2)cc1OC. The van der Waals surface area contributed by atoms with E-state index in [1.807, 2.05) is 0 Å². The van der Waals surface area contributed by atoms with Gasteiger partial charge in [0.1, 0.15) is 17.3 Å². The second kappa shape index (κ2) is 11.3. The summed E-state index contributed by atoms with van der Waals surface area (Å²) >= 11 is 0. The van der Waals surface area contributed by atoms with Gasteiger partial charge in [-0.3, -0.25) is 9.59 Å². The molecule has 1 N–H and O–H groups in total. The number of aryl methyl sites for hydroxylation is 1.